The van der Waals surface area contributed by atoms with Crippen LogP contribution in [-0.4, -0.2) is 20.0 Å². The van der Waals surface area contributed by atoms with E-state index in [1.807, 2.05) is 16.2 Å². The molecule has 1 aliphatic rings. The predicted molar refractivity (Wildman–Crippen MR) is 108 cm³/mol. The first-order valence-corrected chi connectivity index (χ1v) is 9.78. The molecule has 2 aromatic heterocycles. The van der Waals surface area contributed by atoms with Gasteiger partial charge in [0.05, 0.1) is 0 Å². The summed E-state index contributed by atoms with van der Waals surface area (Å²) in [6.45, 7) is 0.431. The number of nitrogens with one attached hydrogen (secondary N) is 1. The Morgan fingerprint density at radius 1 is 1.24 bits per heavy atom. The topological polar surface area (TPSA) is 51.9 Å². The molecule has 0 fully saturated rings. The Morgan fingerprint density at radius 2 is 2.00 bits per heavy atom. The lowest BCUT2D eigenvalue weighted by Gasteiger charge is -2.13. The molecular weight excluding hydrogens is 394 g/mol. The lowest BCUT2D eigenvalue weighted by atomic mass is 9.95. The van der Waals surface area contributed by atoms with Crippen LogP contribution >= 0.6 is 12.2 Å². The minimum Gasteiger partial charge on any atom is -0.324 e. The zero-order chi connectivity index (χ0) is 20.5. The van der Waals surface area contributed by atoms with Gasteiger partial charge < -0.3 is 14.5 Å². The van der Waals surface area contributed by atoms with Gasteiger partial charge in [0, 0.05) is 49.1 Å². The fraction of sp³-hybridized carbons (Fsp3) is 0.286. The van der Waals surface area contributed by atoms with Gasteiger partial charge in [-0.25, -0.2) is 13.8 Å². The van der Waals surface area contributed by atoms with Crippen LogP contribution in [-0.2, 0) is 31.2 Å². The number of aromatic nitrogens is 3. The lowest BCUT2D eigenvalue weighted by molar-refractivity contribution is -0.116. The van der Waals surface area contributed by atoms with Gasteiger partial charge in [-0.3, -0.25) is 4.79 Å². The lowest BCUT2D eigenvalue weighted by Crippen LogP contribution is -2.14. The summed E-state index contributed by atoms with van der Waals surface area (Å²) in [6, 6.07) is 9.23. The highest BCUT2D eigenvalue weighted by molar-refractivity contribution is 7.71. The van der Waals surface area contributed by atoms with E-state index in [-0.39, 0.29) is 23.8 Å². The Morgan fingerprint density at radius 3 is 2.69 bits per heavy atom. The van der Waals surface area contributed by atoms with Crippen LogP contribution in [0.25, 0.3) is 0 Å². The highest BCUT2D eigenvalue weighted by Gasteiger charge is 2.31. The second kappa shape index (κ2) is 7.87. The SMILES string of the molecule is Cn1c(CCC(=O)Nc2ccccn2)c2n(c1=S)CC(c1c(F)cccc1F)C2. The third kappa shape index (κ3) is 3.72. The summed E-state index contributed by atoms with van der Waals surface area (Å²) in [5.74, 6) is -1.03. The Labute approximate surface area is 172 Å². The minimum absolute atomic E-state index is 0.104. The van der Waals surface area contributed by atoms with Crippen molar-refractivity contribution in [2.75, 3.05) is 5.32 Å². The zero-order valence-electron chi connectivity index (χ0n) is 15.9. The molecule has 3 heterocycles. The smallest absolute Gasteiger partial charge is 0.225 e. The molecule has 0 aliphatic carbocycles. The molecule has 0 bridgehead atoms. The molecule has 1 unspecified atom stereocenters. The number of nitrogens with zero attached hydrogens (tertiary/aromatic N) is 3. The van der Waals surface area contributed by atoms with Crippen molar-refractivity contribution in [1.29, 1.82) is 0 Å². The van der Waals surface area contributed by atoms with Gasteiger partial charge in [0.15, 0.2) is 4.77 Å². The third-order valence-electron chi connectivity index (χ3n) is 5.35. The predicted octanol–water partition coefficient (Wildman–Crippen LogP) is 4.14. The molecule has 1 aromatic carbocycles. The van der Waals surface area contributed by atoms with Crippen LogP contribution < -0.4 is 5.32 Å². The summed E-state index contributed by atoms with van der Waals surface area (Å²) in [6.07, 6.45) is 2.84. The van der Waals surface area contributed by atoms with Crippen LogP contribution in [0, 0.1) is 16.4 Å². The molecule has 1 atom stereocenters. The Bertz CT molecular complexity index is 1100. The van der Waals surface area contributed by atoms with E-state index in [0.29, 0.717) is 30.0 Å². The van der Waals surface area contributed by atoms with Crippen molar-refractivity contribution in [2.24, 2.45) is 7.05 Å². The van der Waals surface area contributed by atoms with Gasteiger partial charge in [0.2, 0.25) is 5.91 Å². The van der Waals surface area contributed by atoms with Crippen molar-refractivity contribution in [3.63, 3.8) is 0 Å². The Balaban J connectivity index is 1.52. The van der Waals surface area contributed by atoms with Crippen molar-refractivity contribution in [3.05, 3.63) is 76.0 Å². The molecule has 4 rings (SSSR count). The van der Waals surface area contributed by atoms with Crippen LogP contribution in [0.2, 0.25) is 0 Å². The summed E-state index contributed by atoms with van der Waals surface area (Å²) < 4.78 is 32.9. The molecule has 29 heavy (non-hydrogen) atoms. The van der Waals surface area contributed by atoms with Crippen molar-refractivity contribution >= 4 is 23.9 Å². The summed E-state index contributed by atoms with van der Waals surface area (Å²) in [4.78, 5) is 16.4. The van der Waals surface area contributed by atoms with E-state index in [1.165, 1.54) is 18.2 Å². The van der Waals surface area contributed by atoms with E-state index >= 15 is 0 Å². The van der Waals surface area contributed by atoms with Crippen molar-refractivity contribution in [2.45, 2.75) is 31.7 Å². The van der Waals surface area contributed by atoms with E-state index in [9.17, 15) is 13.6 Å². The number of amides is 1. The van der Waals surface area contributed by atoms with E-state index in [4.69, 9.17) is 12.2 Å². The number of hydrogen-bond acceptors (Lipinski definition) is 3. The number of benzene rings is 1. The van der Waals surface area contributed by atoms with Gasteiger partial charge >= 0.3 is 0 Å². The maximum absolute atomic E-state index is 14.2. The van der Waals surface area contributed by atoms with Crippen LogP contribution in [0.15, 0.2) is 42.6 Å². The van der Waals surface area contributed by atoms with Gasteiger partial charge in [-0.1, -0.05) is 12.1 Å². The van der Waals surface area contributed by atoms with Crippen LogP contribution in [0.1, 0.15) is 29.3 Å². The van der Waals surface area contributed by atoms with Crippen LogP contribution in [0.4, 0.5) is 14.6 Å². The number of pyridine rings is 1. The van der Waals surface area contributed by atoms with Gasteiger partial charge in [-0.2, -0.15) is 0 Å². The number of carbonyl (C=O) groups excluding carboxylic acids is 1. The van der Waals surface area contributed by atoms with Crippen molar-refractivity contribution < 1.29 is 13.6 Å². The highest BCUT2D eigenvalue weighted by Crippen LogP contribution is 2.35. The van der Waals surface area contributed by atoms with Gasteiger partial charge in [0.1, 0.15) is 17.5 Å². The van der Waals surface area contributed by atoms with Crippen molar-refractivity contribution in [3.8, 4) is 0 Å². The Kier molecular flexibility index (Phi) is 5.27. The number of halogens is 2. The summed E-state index contributed by atoms with van der Waals surface area (Å²) in [5.41, 5.74) is 1.97. The number of anilines is 1. The number of hydrogen-bond donors (Lipinski definition) is 1. The number of imidazole rings is 1. The van der Waals surface area contributed by atoms with Gasteiger partial charge in [-0.05, 0) is 49.3 Å². The van der Waals surface area contributed by atoms with Crippen LogP contribution in [0.5, 0.6) is 0 Å². The molecule has 0 radical (unpaired) electrons. The fourth-order valence-electron chi connectivity index (χ4n) is 3.98. The molecule has 1 amide bonds. The average molecular weight is 414 g/mol. The molecule has 0 saturated heterocycles. The first-order valence-electron chi connectivity index (χ1n) is 9.37. The maximum atomic E-state index is 14.2. The number of fused-ring (bicyclic) bond motifs is 1. The monoisotopic (exact) mass is 414 g/mol. The third-order valence-corrected chi connectivity index (χ3v) is 5.85. The standard InChI is InChI=1S/C21H20F2N4OS/c1-26-16(8-9-19(28)25-18-7-2-3-10-24-18)17-11-13(12-27(17)21(26)29)20-14(22)5-4-6-15(20)23/h2-7,10,13H,8-9,11-12H2,1H3,(H,24,25,28). The summed E-state index contributed by atoms with van der Waals surface area (Å²) in [5, 5.41) is 2.76. The van der Waals surface area contributed by atoms with Gasteiger partial charge in [0.25, 0.3) is 0 Å². The van der Waals surface area contributed by atoms with Crippen molar-refractivity contribution in [1.82, 2.24) is 14.1 Å². The van der Waals surface area contributed by atoms with Gasteiger partial charge in [-0.15, -0.1) is 0 Å². The van der Waals surface area contributed by atoms with E-state index in [2.05, 4.69) is 10.3 Å². The van der Waals surface area contributed by atoms with Crippen LogP contribution in [0.3, 0.4) is 0 Å². The molecule has 3 aromatic rings. The number of carbonyl (C=O) groups is 1. The second-order valence-electron chi connectivity index (χ2n) is 7.15. The molecule has 150 valence electrons. The quantitative estimate of drug-likeness (QED) is 0.639. The molecule has 0 spiro atoms. The molecule has 1 aliphatic heterocycles. The number of rotatable bonds is 5. The first kappa shape index (κ1) is 19.4. The minimum atomic E-state index is -0.535. The molecule has 1 N–H and O–H groups in total. The molecule has 0 saturated carbocycles. The summed E-state index contributed by atoms with van der Waals surface area (Å²) >= 11 is 5.52. The zero-order valence-corrected chi connectivity index (χ0v) is 16.7. The highest BCUT2D eigenvalue weighted by atomic mass is 32.1. The largest absolute Gasteiger partial charge is 0.324 e. The first-order chi connectivity index (χ1) is 14.0. The normalized spacial score (nSPS) is 15.3. The molecule has 8 heteroatoms. The second-order valence-corrected chi connectivity index (χ2v) is 7.51. The van der Waals surface area contributed by atoms with E-state index < -0.39 is 11.6 Å². The molecular formula is C21H20F2N4OS. The summed E-state index contributed by atoms with van der Waals surface area (Å²) in [7, 11) is 1.86. The maximum Gasteiger partial charge on any atom is 0.225 e. The molecule has 5 nitrogen and oxygen atoms in total. The Hall–Kier alpha value is -2.87. The average Bonchev–Trinajstić information content (AvgIpc) is 3.20. The van der Waals surface area contributed by atoms with E-state index in [0.717, 1.165) is 11.4 Å². The fourth-order valence-corrected chi connectivity index (χ4v) is 4.27. The van der Waals surface area contributed by atoms with E-state index in [1.54, 1.807) is 24.4 Å².